The van der Waals surface area contributed by atoms with Crippen LogP contribution in [-0.4, -0.2) is 50.9 Å². The normalized spacial score (nSPS) is 33.1. The first kappa shape index (κ1) is 17.3. The summed E-state index contributed by atoms with van der Waals surface area (Å²) in [4.78, 5) is 33.4. The van der Waals surface area contributed by atoms with Crippen molar-refractivity contribution in [3.63, 3.8) is 0 Å². The monoisotopic (exact) mass is 370 g/mol. The molecule has 0 bridgehead atoms. The van der Waals surface area contributed by atoms with Gasteiger partial charge in [-0.2, -0.15) is 0 Å². The van der Waals surface area contributed by atoms with Crippen LogP contribution < -0.4 is 0 Å². The summed E-state index contributed by atoms with van der Waals surface area (Å²) >= 11 is 4.00. The molecule has 1 heterocycles. The first-order chi connectivity index (χ1) is 9.13. The zero-order valence-corrected chi connectivity index (χ0v) is 13.5. The number of halogens is 1. The molecule has 1 rings (SSSR count). The van der Waals surface area contributed by atoms with Gasteiger partial charge in [-0.1, -0.05) is 0 Å². The maximum Gasteiger partial charge on any atom is 0.303 e. The number of rotatable bonds is 3. The van der Waals surface area contributed by atoms with Crippen LogP contribution in [0.15, 0.2) is 0 Å². The van der Waals surface area contributed by atoms with E-state index in [0.717, 1.165) is 18.7 Å². The average Bonchev–Trinajstić information content (AvgIpc) is 2.26. The molecule has 4 atom stereocenters. The number of carbonyl (C=O) groups is 3. The van der Waals surface area contributed by atoms with Crippen LogP contribution in [0, 0.1) is 0 Å². The van der Waals surface area contributed by atoms with Crippen molar-refractivity contribution in [3.05, 3.63) is 0 Å². The number of thioether (sulfide) groups is 1. The highest BCUT2D eigenvalue weighted by atomic mass is 79.9. The lowest BCUT2D eigenvalue weighted by Crippen LogP contribution is -2.57. The molecule has 0 aromatic carbocycles. The number of hydrogen-bond donors (Lipinski definition) is 1. The maximum absolute atomic E-state index is 11.2. The van der Waals surface area contributed by atoms with Gasteiger partial charge in [0.15, 0.2) is 18.3 Å². The Balaban J connectivity index is 3.02. The molecule has 7 nitrogen and oxygen atoms in total. The van der Waals surface area contributed by atoms with Crippen LogP contribution in [0.1, 0.15) is 20.8 Å². The van der Waals surface area contributed by atoms with Gasteiger partial charge < -0.3 is 19.3 Å². The minimum atomic E-state index is -1.63. The molecule has 20 heavy (non-hydrogen) atoms. The lowest BCUT2D eigenvalue weighted by molar-refractivity contribution is -0.189. The van der Waals surface area contributed by atoms with Gasteiger partial charge in [-0.3, -0.25) is 14.4 Å². The third kappa shape index (κ3) is 4.64. The average molecular weight is 371 g/mol. The molecule has 0 amide bonds. The summed E-state index contributed by atoms with van der Waals surface area (Å²) in [6.45, 7) is 3.55. The third-order valence-corrected chi connectivity index (χ3v) is 4.65. The molecule has 0 saturated carbocycles. The van der Waals surface area contributed by atoms with Gasteiger partial charge in [0.05, 0.1) is 0 Å². The molecular formula is C11H15BrO7S. The highest BCUT2D eigenvalue weighted by molar-refractivity contribution is 9.11. The Labute approximate surface area is 128 Å². The quantitative estimate of drug-likeness (QED) is 0.437. The highest BCUT2D eigenvalue weighted by Gasteiger charge is 2.53. The largest absolute Gasteiger partial charge is 0.458 e. The van der Waals surface area contributed by atoms with Crippen molar-refractivity contribution in [1.82, 2.24) is 0 Å². The minimum absolute atomic E-state index is 0.178. The summed E-state index contributed by atoms with van der Waals surface area (Å²) in [5, 5.41) is 10.2. The summed E-state index contributed by atoms with van der Waals surface area (Å²) in [7, 11) is 0. The van der Waals surface area contributed by atoms with Crippen LogP contribution in [0.5, 0.6) is 0 Å². The van der Waals surface area contributed by atoms with Crippen LogP contribution in [0.25, 0.3) is 0 Å². The van der Waals surface area contributed by atoms with Gasteiger partial charge in [-0.15, -0.1) is 11.8 Å². The zero-order valence-electron chi connectivity index (χ0n) is 11.1. The van der Waals surface area contributed by atoms with Gasteiger partial charge in [-0.25, -0.2) is 0 Å². The fourth-order valence-electron chi connectivity index (χ4n) is 1.74. The molecule has 1 fully saturated rings. The predicted molar refractivity (Wildman–Crippen MR) is 73.0 cm³/mol. The van der Waals surface area contributed by atoms with Crippen molar-refractivity contribution in [1.29, 1.82) is 0 Å². The van der Waals surface area contributed by atoms with E-state index in [0.29, 0.717) is 0 Å². The second-order valence-corrected chi connectivity index (χ2v) is 7.15. The van der Waals surface area contributed by atoms with Crippen LogP contribution in [-0.2, 0) is 28.6 Å². The van der Waals surface area contributed by atoms with Gasteiger partial charge in [-0.05, 0) is 15.9 Å². The van der Waals surface area contributed by atoms with Crippen LogP contribution in [0.3, 0.4) is 0 Å². The van der Waals surface area contributed by atoms with Crippen LogP contribution >= 0.6 is 27.7 Å². The number of ether oxygens (including phenoxy) is 3. The van der Waals surface area contributed by atoms with Crippen molar-refractivity contribution in [3.8, 4) is 0 Å². The van der Waals surface area contributed by atoms with Crippen molar-refractivity contribution < 1.29 is 33.7 Å². The standard InChI is InChI=1S/C11H15BrO7S/c1-5(13)17-8-4-20-11(12,16)10(19-7(3)15)9(8)18-6(2)14/h8-10,16H,4H2,1-3H3/t8-,9+,10-,11-/m1/s1. The van der Waals surface area contributed by atoms with Gasteiger partial charge in [0.1, 0.15) is 0 Å². The van der Waals surface area contributed by atoms with Gasteiger partial charge in [0.25, 0.3) is 0 Å². The van der Waals surface area contributed by atoms with Crippen molar-refractivity contribution in [2.45, 2.75) is 42.9 Å². The SMILES string of the molecule is CC(=O)O[C@@H]1[C@@H](OC(C)=O)[C@](O)(Br)SC[C@H]1OC(C)=O. The summed E-state index contributed by atoms with van der Waals surface area (Å²) in [6.07, 6.45) is -3.11. The predicted octanol–water partition coefficient (Wildman–Crippen LogP) is 0.569. The molecule has 0 aliphatic carbocycles. The van der Waals surface area contributed by atoms with Gasteiger partial charge in [0.2, 0.25) is 3.84 Å². The van der Waals surface area contributed by atoms with Crippen molar-refractivity contribution >= 4 is 45.6 Å². The Morgan fingerprint density at radius 2 is 1.60 bits per heavy atom. The van der Waals surface area contributed by atoms with E-state index in [4.69, 9.17) is 14.2 Å². The molecule has 0 aromatic heterocycles. The third-order valence-electron chi connectivity index (χ3n) is 2.38. The second-order valence-electron chi connectivity index (χ2n) is 4.17. The minimum Gasteiger partial charge on any atom is -0.458 e. The molecular weight excluding hydrogens is 356 g/mol. The smallest absolute Gasteiger partial charge is 0.303 e. The Morgan fingerprint density at radius 1 is 1.10 bits per heavy atom. The lowest BCUT2D eigenvalue weighted by Gasteiger charge is -2.42. The number of alkyl halides is 1. The van der Waals surface area contributed by atoms with Gasteiger partial charge >= 0.3 is 17.9 Å². The van der Waals surface area contributed by atoms with E-state index >= 15 is 0 Å². The first-order valence-electron chi connectivity index (χ1n) is 5.70. The molecule has 0 radical (unpaired) electrons. The molecule has 1 aliphatic heterocycles. The van der Waals surface area contributed by atoms with Crippen molar-refractivity contribution in [2.24, 2.45) is 0 Å². The lowest BCUT2D eigenvalue weighted by atomic mass is 10.1. The number of aliphatic hydroxyl groups is 1. The Morgan fingerprint density at radius 3 is 2.05 bits per heavy atom. The van der Waals surface area contributed by atoms with E-state index in [1.165, 1.54) is 13.8 Å². The zero-order chi connectivity index (χ0) is 15.5. The van der Waals surface area contributed by atoms with Crippen molar-refractivity contribution in [2.75, 3.05) is 5.75 Å². The molecule has 1 N–H and O–H groups in total. The number of esters is 3. The summed E-state index contributed by atoms with van der Waals surface area (Å²) in [5.74, 6) is -1.68. The second kappa shape index (κ2) is 6.77. The molecule has 1 aliphatic rings. The molecule has 0 unspecified atom stereocenters. The highest BCUT2D eigenvalue weighted by Crippen LogP contribution is 2.43. The fraction of sp³-hybridized carbons (Fsp3) is 0.727. The summed E-state index contributed by atoms with van der Waals surface area (Å²) < 4.78 is 13.5. The topological polar surface area (TPSA) is 99.1 Å². The van der Waals surface area contributed by atoms with E-state index in [1.807, 2.05) is 0 Å². The van der Waals surface area contributed by atoms with E-state index < -0.39 is 40.1 Å². The Kier molecular flexibility index (Phi) is 5.84. The maximum atomic E-state index is 11.2. The Hall–Kier alpha value is -0.800. The molecule has 0 aromatic rings. The van der Waals surface area contributed by atoms with E-state index in [2.05, 4.69) is 15.9 Å². The molecule has 114 valence electrons. The van der Waals surface area contributed by atoms with Crippen LogP contribution in [0.4, 0.5) is 0 Å². The molecule has 0 spiro atoms. The van der Waals surface area contributed by atoms with Gasteiger partial charge in [0, 0.05) is 26.5 Å². The van der Waals surface area contributed by atoms with E-state index in [9.17, 15) is 19.5 Å². The number of carbonyl (C=O) groups excluding carboxylic acids is 3. The van der Waals surface area contributed by atoms with Crippen LogP contribution in [0.2, 0.25) is 0 Å². The van der Waals surface area contributed by atoms with E-state index in [-0.39, 0.29) is 5.75 Å². The van der Waals surface area contributed by atoms with E-state index in [1.54, 1.807) is 0 Å². The fourth-order valence-corrected chi connectivity index (χ4v) is 3.49. The molecule has 9 heteroatoms. The summed E-state index contributed by atoms with van der Waals surface area (Å²) in [5.41, 5.74) is 0. The first-order valence-corrected chi connectivity index (χ1v) is 7.48. The number of hydrogen-bond acceptors (Lipinski definition) is 8. The summed E-state index contributed by atoms with van der Waals surface area (Å²) in [6, 6.07) is 0. The molecule has 1 saturated heterocycles. The Bertz CT molecular complexity index is 412.